The fourth-order valence-electron chi connectivity index (χ4n) is 1.77. The van der Waals surface area contributed by atoms with E-state index in [1.165, 1.54) is 0 Å². The molecule has 1 unspecified atom stereocenters. The molecule has 92 valence electrons. The molecule has 0 amide bonds. The minimum atomic E-state index is 0.496. The molecule has 0 saturated heterocycles. The van der Waals surface area contributed by atoms with Crippen molar-refractivity contribution in [2.75, 3.05) is 6.54 Å². The van der Waals surface area contributed by atoms with Crippen LogP contribution in [0.2, 0.25) is 0 Å². The van der Waals surface area contributed by atoms with Crippen molar-refractivity contribution >= 4 is 0 Å². The van der Waals surface area contributed by atoms with Crippen LogP contribution in [-0.4, -0.2) is 22.4 Å². The van der Waals surface area contributed by atoms with Crippen LogP contribution in [0.1, 0.15) is 19.1 Å². The molecule has 4 nitrogen and oxygen atoms in total. The maximum absolute atomic E-state index is 5.31. The Kier molecular flexibility index (Phi) is 4.38. The summed E-state index contributed by atoms with van der Waals surface area (Å²) in [6, 6.07) is 6.40. The second-order valence-corrected chi connectivity index (χ2v) is 4.24. The third kappa shape index (κ3) is 4.07. The Balaban J connectivity index is 1.59. The van der Waals surface area contributed by atoms with E-state index in [-0.39, 0.29) is 0 Å². The lowest BCUT2D eigenvalue weighted by atomic mass is 10.1. The quantitative estimate of drug-likeness (QED) is 0.796. The summed E-state index contributed by atoms with van der Waals surface area (Å²) in [6.07, 6.45) is 7.59. The highest BCUT2D eigenvalue weighted by Gasteiger charge is 2.03. The third-order valence-corrected chi connectivity index (χ3v) is 2.80. The second-order valence-electron chi connectivity index (χ2n) is 4.24. The molecule has 0 bridgehead atoms. The lowest BCUT2D eigenvalue weighted by Crippen LogP contribution is -2.29. The van der Waals surface area contributed by atoms with Crippen molar-refractivity contribution in [3.63, 3.8) is 0 Å². The van der Waals surface area contributed by atoms with Gasteiger partial charge in [0, 0.05) is 31.4 Å². The van der Waals surface area contributed by atoms with E-state index < -0.39 is 0 Å². The SMILES string of the molecule is CC(CCc1ccco1)NCCn1cccn1. The first-order valence-corrected chi connectivity index (χ1v) is 6.08. The number of aryl methyl sites for hydroxylation is 1. The number of nitrogens with one attached hydrogen (secondary N) is 1. The molecule has 4 heteroatoms. The molecule has 0 aromatic carbocycles. The van der Waals surface area contributed by atoms with Gasteiger partial charge in [0.1, 0.15) is 5.76 Å². The van der Waals surface area contributed by atoms with Crippen LogP contribution in [0.15, 0.2) is 41.3 Å². The van der Waals surface area contributed by atoms with Gasteiger partial charge in [-0.3, -0.25) is 4.68 Å². The molecule has 17 heavy (non-hydrogen) atoms. The van der Waals surface area contributed by atoms with Crippen LogP contribution in [0.25, 0.3) is 0 Å². The van der Waals surface area contributed by atoms with Crippen LogP contribution in [0, 0.1) is 0 Å². The Morgan fingerprint density at radius 2 is 2.41 bits per heavy atom. The van der Waals surface area contributed by atoms with E-state index in [1.54, 1.807) is 12.5 Å². The van der Waals surface area contributed by atoms with Gasteiger partial charge in [0.25, 0.3) is 0 Å². The summed E-state index contributed by atoms with van der Waals surface area (Å²) in [5, 5.41) is 7.64. The predicted octanol–water partition coefficient (Wildman–Crippen LogP) is 2.09. The van der Waals surface area contributed by atoms with Crippen LogP contribution < -0.4 is 5.32 Å². The van der Waals surface area contributed by atoms with E-state index in [4.69, 9.17) is 4.42 Å². The van der Waals surface area contributed by atoms with Crippen molar-refractivity contribution in [3.05, 3.63) is 42.6 Å². The lowest BCUT2D eigenvalue weighted by molar-refractivity contribution is 0.446. The molecule has 1 atom stereocenters. The van der Waals surface area contributed by atoms with Crippen molar-refractivity contribution in [1.29, 1.82) is 0 Å². The van der Waals surface area contributed by atoms with Crippen LogP contribution in [0.3, 0.4) is 0 Å². The molecule has 0 aliphatic heterocycles. The first-order valence-electron chi connectivity index (χ1n) is 6.08. The molecule has 0 spiro atoms. The topological polar surface area (TPSA) is 43.0 Å². The average Bonchev–Trinajstić information content (AvgIpc) is 2.99. The largest absolute Gasteiger partial charge is 0.469 e. The van der Waals surface area contributed by atoms with Gasteiger partial charge in [0.15, 0.2) is 0 Å². The number of hydrogen-bond acceptors (Lipinski definition) is 3. The van der Waals surface area contributed by atoms with Crippen molar-refractivity contribution < 1.29 is 4.42 Å². The van der Waals surface area contributed by atoms with Crippen molar-refractivity contribution in [1.82, 2.24) is 15.1 Å². The van der Waals surface area contributed by atoms with Gasteiger partial charge in [-0.2, -0.15) is 5.10 Å². The van der Waals surface area contributed by atoms with Crippen LogP contribution >= 0.6 is 0 Å². The highest BCUT2D eigenvalue weighted by atomic mass is 16.3. The molecule has 0 aliphatic carbocycles. The Bertz CT molecular complexity index is 394. The van der Waals surface area contributed by atoms with E-state index in [0.29, 0.717) is 6.04 Å². The first kappa shape index (κ1) is 11.9. The standard InChI is InChI=1S/C13H19N3O/c1-12(5-6-13-4-2-11-17-13)14-8-10-16-9-3-7-15-16/h2-4,7,9,11-12,14H,5-6,8,10H2,1H3. The van der Waals surface area contributed by atoms with Gasteiger partial charge in [-0.15, -0.1) is 0 Å². The monoisotopic (exact) mass is 233 g/mol. The fourth-order valence-corrected chi connectivity index (χ4v) is 1.77. The maximum atomic E-state index is 5.31. The summed E-state index contributed by atoms with van der Waals surface area (Å²) in [6.45, 7) is 4.06. The molecular formula is C13H19N3O. The summed E-state index contributed by atoms with van der Waals surface area (Å²) in [7, 11) is 0. The first-order chi connectivity index (χ1) is 8.34. The highest BCUT2D eigenvalue weighted by Crippen LogP contribution is 2.05. The Labute approximate surface area is 102 Å². The molecule has 2 aromatic rings. The highest BCUT2D eigenvalue weighted by molar-refractivity contribution is 4.98. The van der Waals surface area contributed by atoms with Gasteiger partial charge in [-0.25, -0.2) is 0 Å². The van der Waals surface area contributed by atoms with Crippen LogP contribution in [0.4, 0.5) is 0 Å². The molecule has 2 rings (SSSR count). The number of furan rings is 1. The number of nitrogens with zero attached hydrogens (tertiary/aromatic N) is 2. The van der Waals surface area contributed by atoms with E-state index in [0.717, 1.165) is 31.7 Å². The van der Waals surface area contributed by atoms with Gasteiger partial charge < -0.3 is 9.73 Å². The van der Waals surface area contributed by atoms with Gasteiger partial charge >= 0.3 is 0 Å². The van der Waals surface area contributed by atoms with E-state index in [9.17, 15) is 0 Å². The molecule has 0 saturated carbocycles. The second kappa shape index (κ2) is 6.25. The van der Waals surface area contributed by atoms with E-state index in [2.05, 4.69) is 17.3 Å². The third-order valence-electron chi connectivity index (χ3n) is 2.80. The fraction of sp³-hybridized carbons (Fsp3) is 0.462. The Hall–Kier alpha value is -1.55. The maximum Gasteiger partial charge on any atom is 0.103 e. The van der Waals surface area contributed by atoms with E-state index >= 15 is 0 Å². The summed E-state index contributed by atoms with van der Waals surface area (Å²) in [5.74, 6) is 1.06. The predicted molar refractivity (Wildman–Crippen MR) is 66.7 cm³/mol. The average molecular weight is 233 g/mol. The van der Waals surface area contributed by atoms with Gasteiger partial charge in [-0.1, -0.05) is 0 Å². The zero-order valence-corrected chi connectivity index (χ0v) is 10.2. The number of rotatable bonds is 7. The minimum absolute atomic E-state index is 0.496. The molecule has 0 aliphatic rings. The summed E-state index contributed by atoms with van der Waals surface area (Å²) >= 11 is 0. The minimum Gasteiger partial charge on any atom is -0.469 e. The van der Waals surface area contributed by atoms with E-state index in [1.807, 2.05) is 29.1 Å². The molecule has 0 fully saturated rings. The molecule has 2 heterocycles. The molecular weight excluding hydrogens is 214 g/mol. The Morgan fingerprint density at radius 3 is 3.12 bits per heavy atom. The van der Waals surface area contributed by atoms with Crippen molar-refractivity contribution in [2.45, 2.75) is 32.4 Å². The van der Waals surface area contributed by atoms with Crippen molar-refractivity contribution in [2.24, 2.45) is 0 Å². The molecule has 1 N–H and O–H groups in total. The Morgan fingerprint density at radius 1 is 1.47 bits per heavy atom. The number of hydrogen-bond donors (Lipinski definition) is 1. The van der Waals surface area contributed by atoms with Crippen molar-refractivity contribution in [3.8, 4) is 0 Å². The normalized spacial score (nSPS) is 12.8. The van der Waals surface area contributed by atoms with Gasteiger partial charge in [-0.05, 0) is 31.5 Å². The van der Waals surface area contributed by atoms with Gasteiger partial charge in [0.05, 0.1) is 12.8 Å². The zero-order chi connectivity index (χ0) is 11.9. The smallest absolute Gasteiger partial charge is 0.103 e. The van der Waals surface area contributed by atoms with Crippen LogP contribution in [0.5, 0.6) is 0 Å². The molecule has 2 aromatic heterocycles. The number of aromatic nitrogens is 2. The summed E-state index contributed by atoms with van der Waals surface area (Å²) < 4.78 is 7.24. The summed E-state index contributed by atoms with van der Waals surface area (Å²) in [4.78, 5) is 0. The van der Waals surface area contributed by atoms with Gasteiger partial charge in [0.2, 0.25) is 0 Å². The molecule has 0 radical (unpaired) electrons. The lowest BCUT2D eigenvalue weighted by Gasteiger charge is -2.12. The van der Waals surface area contributed by atoms with Crippen LogP contribution in [-0.2, 0) is 13.0 Å². The summed E-state index contributed by atoms with van der Waals surface area (Å²) in [5.41, 5.74) is 0. The zero-order valence-electron chi connectivity index (χ0n) is 10.2.